The Kier molecular flexibility index (Phi) is 18.0. The summed E-state index contributed by atoms with van der Waals surface area (Å²) in [5.41, 5.74) is 31.7. The number of aryl methyl sites for hydroxylation is 7. The van der Waals surface area contributed by atoms with Gasteiger partial charge in [0.25, 0.3) is 0 Å². The lowest BCUT2D eigenvalue weighted by molar-refractivity contribution is -0.362. The van der Waals surface area contributed by atoms with Gasteiger partial charge in [0, 0.05) is 65.1 Å². The molecule has 10 aliphatic rings. The molecule has 14 aromatic carbocycles. The second-order valence-corrected chi connectivity index (χ2v) is 37.3. The van der Waals surface area contributed by atoms with Gasteiger partial charge in [0.15, 0.2) is 11.4 Å². The maximum Gasteiger partial charge on any atom is 0.737 e. The zero-order chi connectivity index (χ0) is 87.2. The van der Waals surface area contributed by atoms with E-state index in [1.807, 2.05) is 113 Å². The number of carbonyl (C=O) groups excluding carboxylic acids is 3. The first-order chi connectivity index (χ1) is 63.6. The van der Waals surface area contributed by atoms with Crippen LogP contribution < -0.4 is 14.2 Å². The molecule has 3 heterocycles. The van der Waals surface area contributed by atoms with Crippen LogP contribution in [0.25, 0.3) is 115 Å². The second-order valence-electron chi connectivity index (χ2n) is 37.3. The molecular formula is C119H91BF2N2O6. The quantitative estimate of drug-likeness (QED) is 0.0280. The Balaban J connectivity index is 0.498. The van der Waals surface area contributed by atoms with Gasteiger partial charge < -0.3 is 31.8 Å². The van der Waals surface area contributed by atoms with E-state index >= 15 is 8.63 Å². The number of allylic oxidation sites excluding steroid dienone is 18. The van der Waals surface area contributed by atoms with E-state index in [0.717, 1.165) is 108 Å². The largest absolute Gasteiger partial charge is 0.737 e. The average molecular weight is 1690 g/mol. The van der Waals surface area contributed by atoms with Crippen molar-refractivity contribution in [1.29, 1.82) is 0 Å². The molecule has 2 aliphatic heterocycles. The van der Waals surface area contributed by atoms with Gasteiger partial charge in [-0.15, -0.1) is 0 Å². The summed E-state index contributed by atoms with van der Waals surface area (Å²) in [7, 11) is 0. The van der Waals surface area contributed by atoms with Crippen LogP contribution in [0.1, 0.15) is 159 Å². The van der Waals surface area contributed by atoms with E-state index in [1.54, 1.807) is 0 Å². The molecule has 25 rings (SSSR count). The number of hydrogen-bond acceptors (Lipinski definition) is 6. The maximum absolute atomic E-state index is 19.7. The molecule has 630 valence electrons. The first kappa shape index (κ1) is 77.9. The summed E-state index contributed by atoms with van der Waals surface area (Å²) in [5.74, 6) is 1.30. The topological polar surface area (TPSA) is 86.8 Å². The number of ether oxygens (including phenoxy) is 3. The van der Waals surface area contributed by atoms with E-state index in [9.17, 15) is 14.4 Å². The maximum atomic E-state index is 19.7. The van der Waals surface area contributed by atoms with E-state index in [2.05, 4.69) is 206 Å². The number of rotatable bonds is 18. The molecule has 0 bridgehead atoms. The van der Waals surface area contributed by atoms with Gasteiger partial charge in [0.05, 0.1) is 5.57 Å². The number of aromatic nitrogens is 1. The first-order valence-corrected chi connectivity index (χ1v) is 46.4. The Morgan fingerprint density at radius 2 is 1.02 bits per heavy atom. The van der Waals surface area contributed by atoms with Crippen LogP contribution in [0.5, 0.6) is 17.2 Å². The van der Waals surface area contributed by atoms with Gasteiger partial charge in [-0.3, -0.25) is 14.4 Å². The number of nitrogens with zero attached hydrogens (tertiary/aromatic N) is 2. The highest BCUT2D eigenvalue weighted by Gasteiger charge is 2.60. The minimum atomic E-state index is -4.63. The van der Waals surface area contributed by atoms with Gasteiger partial charge in [-0.1, -0.05) is 249 Å². The molecule has 130 heavy (non-hydrogen) atoms. The highest BCUT2D eigenvalue weighted by atomic mass is 19.2. The molecule has 1 aromatic heterocycles. The van der Waals surface area contributed by atoms with Crippen LogP contribution in [-0.4, -0.2) is 39.6 Å². The predicted molar refractivity (Wildman–Crippen MR) is 523 cm³/mol. The minimum absolute atomic E-state index is 0.202. The molecule has 0 saturated heterocycles. The van der Waals surface area contributed by atoms with Gasteiger partial charge >= 0.3 is 24.9 Å². The Hall–Kier alpha value is -14.4. The van der Waals surface area contributed by atoms with Crippen molar-refractivity contribution in [3.8, 4) is 50.8 Å². The third-order valence-corrected chi connectivity index (χ3v) is 30.2. The van der Waals surface area contributed by atoms with Crippen LogP contribution in [0.2, 0.25) is 0 Å². The molecule has 0 saturated carbocycles. The van der Waals surface area contributed by atoms with Crippen molar-refractivity contribution in [3.63, 3.8) is 0 Å². The minimum Gasteiger partial charge on any atom is -0.427 e. The lowest BCUT2D eigenvalue weighted by atomic mass is 9.65. The smallest absolute Gasteiger partial charge is 0.427 e. The number of halogens is 2. The fourth-order valence-electron chi connectivity index (χ4n) is 24.6. The molecule has 3 atom stereocenters. The monoisotopic (exact) mass is 1690 g/mol. The SMILES string of the molecule is CC1=C2CCc3cc(-c4ccc(OC(=O)CCCc5ccc6c7c(cccc57)C5=CC=CC7=CC=CC6C75)cc4)ccc3C2=[N+]2C1=C(c1c(C)cc(OC(=O)CCCc3ccc4c5cccc6cccc(c7cccc3c74)c65)cc1C)c1c(C)c3c(n1[B-]2(F)F)-c1ccc(-c2ccc(OC(=O)CCCc4ccc5c6c(cccc46)C4=C6C(=CC=CC65)CC=C4)cc2)cc1CC3. The summed E-state index contributed by atoms with van der Waals surface area (Å²) >= 11 is 0. The lowest BCUT2D eigenvalue weighted by Gasteiger charge is -2.38. The molecule has 11 heteroatoms. The van der Waals surface area contributed by atoms with Gasteiger partial charge in [0.1, 0.15) is 17.2 Å². The summed E-state index contributed by atoms with van der Waals surface area (Å²) in [5, 5.41) is 15.0. The number of esters is 3. The van der Waals surface area contributed by atoms with Crippen molar-refractivity contribution in [2.45, 2.75) is 129 Å². The van der Waals surface area contributed by atoms with Crippen LogP contribution in [0.15, 0.2) is 325 Å². The summed E-state index contributed by atoms with van der Waals surface area (Å²) < 4.78 is 60.7. The Labute approximate surface area is 753 Å². The second kappa shape index (κ2) is 30.1. The normalized spacial score (nSPS) is 17.7. The van der Waals surface area contributed by atoms with Crippen LogP contribution in [0, 0.1) is 26.7 Å². The summed E-state index contributed by atoms with van der Waals surface area (Å²) in [6.07, 6.45) is 33.0. The zero-order valence-corrected chi connectivity index (χ0v) is 73.0. The zero-order valence-electron chi connectivity index (χ0n) is 73.0. The summed E-state index contributed by atoms with van der Waals surface area (Å²) in [6, 6.07) is 78.1. The first-order valence-electron chi connectivity index (χ1n) is 46.4. The molecule has 15 aromatic rings. The molecule has 8 aliphatic carbocycles. The van der Waals surface area contributed by atoms with Crippen LogP contribution in [0.3, 0.4) is 0 Å². The number of fused-ring (bicyclic) bond motifs is 15. The third-order valence-electron chi connectivity index (χ3n) is 30.2. The molecule has 3 unspecified atom stereocenters. The Bertz CT molecular complexity index is 7950. The fourth-order valence-corrected chi connectivity index (χ4v) is 24.6. The lowest BCUT2D eigenvalue weighted by Crippen LogP contribution is -2.52. The molecule has 0 N–H and O–H groups in total. The van der Waals surface area contributed by atoms with Gasteiger partial charge in [-0.05, 0) is 339 Å². The van der Waals surface area contributed by atoms with Crippen molar-refractivity contribution < 1.29 is 41.7 Å². The average Bonchev–Trinajstić information content (AvgIpc) is 1.49. The van der Waals surface area contributed by atoms with Crippen molar-refractivity contribution in [3.05, 3.63) is 414 Å². The van der Waals surface area contributed by atoms with Crippen LogP contribution in [0.4, 0.5) is 8.63 Å². The highest BCUT2D eigenvalue weighted by molar-refractivity contribution is 6.59. The number of carbonyl (C=O) groups is 3. The Morgan fingerprint density at radius 3 is 1.68 bits per heavy atom. The van der Waals surface area contributed by atoms with Crippen molar-refractivity contribution in [2.24, 2.45) is 5.92 Å². The van der Waals surface area contributed by atoms with Gasteiger partial charge in [-0.2, -0.15) is 0 Å². The highest BCUT2D eigenvalue weighted by Crippen LogP contribution is 2.58. The standard InChI is InChI=1S/C119H91BF2N2O6/c1-67-63-85(130-107(127)40-13-19-75-47-62-104-98-34-10-25-78-22-7-31-95(111(78)98)101-37-16-28-90(75)114(101)104)64-68(2)108(67)115-116-69(3)86-56-50-81-65-79(71-41-52-83(53-42-71)128-105(125)38-11-17-73-45-60-102-96-32-8-23-76-20-5-29-93(109(76)96)99-35-14-26-88(73)112(99)102)48-58-91(81)118(86)123(116)120(121,122)124-117(115)70(4)87-57-51-82-66-80(49-59-92(82)119(87)124)72-43-54-84(55-44-72)129-106(126)39-12-18-74-46-61-103-97-33-9-24-77-21-6-30-94(110(77)97)100-36-15-27-89(74)113(100)103/h5-10,14-16,20,22-37,41-49,52-55,58-66,96-97,109H,11-13,17-19,21,38-40,50-51,56-57H2,1-4H3. The molecule has 0 spiro atoms. The summed E-state index contributed by atoms with van der Waals surface area (Å²) in [6.45, 7) is 3.47. The van der Waals surface area contributed by atoms with E-state index in [4.69, 9.17) is 14.2 Å². The van der Waals surface area contributed by atoms with Gasteiger partial charge in [-0.25, -0.2) is 0 Å². The molecule has 0 fully saturated rings. The van der Waals surface area contributed by atoms with E-state index in [1.165, 1.54) is 140 Å². The molecular weight excluding hydrogens is 1600 g/mol. The molecule has 0 radical (unpaired) electrons. The summed E-state index contributed by atoms with van der Waals surface area (Å²) in [4.78, 5) is 41.6. The number of benzene rings is 14. The van der Waals surface area contributed by atoms with Crippen LogP contribution in [-0.2, 0) is 52.9 Å². The van der Waals surface area contributed by atoms with Crippen molar-refractivity contribution >= 4 is 112 Å². The van der Waals surface area contributed by atoms with Crippen molar-refractivity contribution in [2.75, 3.05) is 0 Å². The van der Waals surface area contributed by atoms with E-state index in [-0.39, 0.29) is 43.1 Å². The van der Waals surface area contributed by atoms with Crippen LogP contribution >= 0.6 is 0 Å². The van der Waals surface area contributed by atoms with E-state index < -0.39 is 6.97 Å². The van der Waals surface area contributed by atoms with Crippen molar-refractivity contribution in [1.82, 2.24) is 4.48 Å². The molecule has 0 amide bonds. The third kappa shape index (κ3) is 12.1. The Morgan fingerprint density at radius 1 is 0.469 bits per heavy atom. The molecule has 8 nitrogen and oxygen atoms in total. The number of hydrogen-bond donors (Lipinski definition) is 0. The fraction of sp³-hybridized carbons (Fsp3) is 0.176. The van der Waals surface area contributed by atoms with E-state index in [0.29, 0.717) is 103 Å². The predicted octanol–water partition coefficient (Wildman–Crippen LogP) is 27.9. The van der Waals surface area contributed by atoms with Gasteiger partial charge in [0.2, 0.25) is 0 Å².